The maximum Gasteiger partial charge on any atom is 0.416 e. The van der Waals surface area contributed by atoms with E-state index in [-0.39, 0.29) is 23.9 Å². The van der Waals surface area contributed by atoms with Gasteiger partial charge in [-0.2, -0.15) is 13.2 Å². The Labute approximate surface area is 216 Å². The number of thioether (sulfide) groups is 1. The summed E-state index contributed by atoms with van der Waals surface area (Å²) in [5.74, 6) is -0.131. The Kier molecular flexibility index (Phi) is 7.03. The Morgan fingerprint density at radius 3 is 2.46 bits per heavy atom. The molecule has 1 aliphatic rings. The first-order valence-corrected chi connectivity index (χ1v) is 13.2. The number of carbonyl (C=O) groups is 1. The summed E-state index contributed by atoms with van der Waals surface area (Å²) in [6.45, 7) is 2.49. The number of fused-ring (bicyclic) bond motifs is 1. The minimum Gasteiger partial charge on any atom is -0.348 e. The van der Waals surface area contributed by atoms with Crippen LogP contribution in [0.25, 0.3) is 10.9 Å². The van der Waals surface area contributed by atoms with Crippen LogP contribution in [-0.2, 0) is 19.1 Å². The average molecular weight is 527 g/mol. The fraction of sp³-hybridized carbons (Fsp3) is 0.276. The second-order valence-corrected chi connectivity index (χ2v) is 10.6. The third-order valence-corrected chi connectivity index (χ3v) is 7.42. The van der Waals surface area contributed by atoms with Crippen LogP contribution in [0, 0.1) is 5.82 Å². The van der Waals surface area contributed by atoms with Crippen LogP contribution in [-0.4, -0.2) is 16.2 Å². The molecule has 0 unspecified atom stereocenters. The number of halogens is 4. The smallest absolute Gasteiger partial charge is 0.348 e. The molecule has 1 amide bonds. The molecular formula is C29H26F4N2OS. The molecule has 3 aromatic carbocycles. The highest BCUT2D eigenvalue weighted by Crippen LogP contribution is 2.41. The van der Waals surface area contributed by atoms with E-state index in [4.69, 9.17) is 0 Å². The van der Waals surface area contributed by atoms with Gasteiger partial charge in [0.15, 0.2) is 0 Å². The van der Waals surface area contributed by atoms with Crippen molar-refractivity contribution in [3.63, 3.8) is 0 Å². The van der Waals surface area contributed by atoms with Gasteiger partial charge in [-0.25, -0.2) is 4.39 Å². The average Bonchev–Trinajstić information content (AvgIpc) is 3.64. The van der Waals surface area contributed by atoms with Gasteiger partial charge >= 0.3 is 6.18 Å². The largest absolute Gasteiger partial charge is 0.416 e. The number of benzene rings is 3. The lowest BCUT2D eigenvalue weighted by molar-refractivity contribution is -0.138. The molecule has 1 heterocycles. The van der Waals surface area contributed by atoms with E-state index >= 15 is 0 Å². The van der Waals surface area contributed by atoms with Crippen molar-refractivity contribution in [3.05, 3.63) is 100 Å². The first kappa shape index (κ1) is 25.4. The zero-order valence-corrected chi connectivity index (χ0v) is 21.1. The molecule has 192 valence electrons. The summed E-state index contributed by atoms with van der Waals surface area (Å²) >= 11 is 1.76. The summed E-state index contributed by atoms with van der Waals surface area (Å²) in [5.41, 5.74) is 2.16. The Bertz CT molecular complexity index is 1440. The quantitative estimate of drug-likeness (QED) is 0.188. The minimum absolute atomic E-state index is 0.0220. The van der Waals surface area contributed by atoms with Gasteiger partial charge in [0.05, 0.1) is 5.56 Å². The number of rotatable bonds is 8. The molecule has 3 nitrogen and oxygen atoms in total. The molecule has 0 radical (unpaired) electrons. The molecule has 0 aliphatic heterocycles. The first-order chi connectivity index (χ1) is 17.7. The van der Waals surface area contributed by atoms with E-state index in [2.05, 4.69) is 16.8 Å². The van der Waals surface area contributed by atoms with Crippen LogP contribution >= 0.6 is 11.8 Å². The zero-order valence-electron chi connectivity index (χ0n) is 20.2. The Balaban J connectivity index is 1.39. The van der Waals surface area contributed by atoms with Crippen molar-refractivity contribution in [1.29, 1.82) is 0 Å². The van der Waals surface area contributed by atoms with Crippen LogP contribution in [0.1, 0.15) is 58.5 Å². The van der Waals surface area contributed by atoms with E-state index in [0.717, 1.165) is 46.8 Å². The van der Waals surface area contributed by atoms with E-state index in [1.165, 1.54) is 11.0 Å². The Morgan fingerprint density at radius 1 is 1.03 bits per heavy atom. The predicted molar refractivity (Wildman–Crippen MR) is 138 cm³/mol. The summed E-state index contributed by atoms with van der Waals surface area (Å²) in [4.78, 5) is 14.0. The monoisotopic (exact) mass is 526 g/mol. The lowest BCUT2D eigenvalue weighted by atomic mass is 10.0. The Hall–Kier alpha value is -3.26. The van der Waals surface area contributed by atoms with E-state index in [0.29, 0.717) is 18.2 Å². The topological polar surface area (TPSA) is 34.0 Å². The van der Waals surface area contributed by atoms with E-state index in [1.807, 2.05) is 36.4 Å². The number of hydrogen-bond donors (Lipinski definition) is 1. The number of hydrogen-bond acceptors (Lipinski definition) is 2. The fourth-order valence-electron chi connectivity index (χ4n) is 4.65. The van der Waals surface area contributed by atoms with Gasteiger partial charge in [-0.15, -0.1) is 11.8 Å². The number of aromatic nitrogens is 1. The van der Waals surface area contributed by atoms with Gasteiger partial charge in [0.1, 0.15) is 5.82 Å². The summed E-state index contributed by atoms with van der Waals surface area (Å²) in [6.07, 6.45) is -2.73. The lowest BCUT2D eigenvalue weighted by Crippen LogP contribution is -2.22. The highest BCUT2D eigenvalue weighted by atomic mass is 32.2. The minimum atomic E-state index is -4.64. The van der Waals surface area contributed by atoms with E-state index in [9.17, 15) is 22.4 Å². The van der Waals surface area contributed by atoms with Gasteiger partial charge in [-0.1, -0.05) is 25.1 Å². The highest BCUT2D eigenvalue weighted by molar-refractivity contribution is 7.99. The van der Waals surface area contributed by atoms with Crippen LogP contribution < -0.4 is 5.32 Å². The predicted octanol–water partition coefficient (Wildman–Crippen LogP) is 7.77. The summed E-state index contributed by atoms with van der Waals surface area (Å²) in [6, 6.07) is 18.3. The van der Waals surface area contributed by atoms with Gasteiger partial charge in [0.2, 0.25) is 0 Å². The van der Waals surface area contributed by atoms with Crippen molar-refractivity contribution < 1.29 is 22.4 Å². The number of alkyl halides is 3. The molecule has 1 saturated carbocycles. The molecule has 5 rings (SSSR count). The van der Waals surface area contributed by atoms with E-state index in [1.54, 1.807) is 23.9 Å². The molecule has 0 bridgehead atoms. The van der Waals surface area contributed by atoms with Crippen LogP contribution in [0.3, 0.4) is 0 Å². The van der Waals surface area contributed by atoms with Gasteiger partial charge in [0, 0.05) is 46.1 Å². The van der Waals surface area contributed by atoms with Crippen LogP contribution in [0.15, 0.2) is 71.6 Å². The third kappa shape index (κ3) is 5.69. The van der Waals surface area contributed by atoms with Crippen molar-refractivity contribution in [3.8, 4) is 0 Å². The first-order valence-electron chi connectivity index (χ1n) is 12.2. The fourth-order valence-corrected chi connectivity index (χ4v) is 5.31. The molecule has 1 aromatic heterocycles. The van der Waals surface area contributed by atoms with Crippen molar-refractivity contribution in [2.24, 2.45) is 0 Å². The molecule has 1 aliphatic carbocycles. The van der Waals surface area contributed by atoms with Crippen molar-refractivity contribution in [1.82, 2.24) is 9.88 Å². The zero-order chi connectivity index (χ0) is 26.2. The second-order valence-electron chi connectivity index (χ2n) is 9.25. The van der Waals surface area contributed by atoms with Crippen molar-refractivity contribution >= 4 is 28.6 Å². The number of nitrogens with zero attached hydrogens (tertiary/aromatic N) is 1. The van der Waals surface area contributed by atoms with Gasteiger partial charge in [-0.05, 0) is 78.3 Å². The maximum absolute atomic E-state index is 13.6. The normalized spacial score (nSPS) is 13.8. The summed E-state index contributed by atoms with van der Waals surface area (Å²) in [5, 5.41) is 3.74. The number of carbonyl (C=O) groups excluding carboxylic acids is 1. The van der Waals surface area contributed by atoms with Gasteiger partial charge in [0.25, 0.3) is 5.91 Å². The molecule has 1 N–H and O–H groups in total. The Morgan fingerprint density at radius 2 is 1.78 bits per heavy atom. The van der Waals surface area contributed by atoms with Crippen LogP contribution in [0.5, 0.6) is 0 Å². The highest BCUT2D eigenvalue weighted by Gasteiger charge is 2.34. The van der Waals surface area contributed by atoms with Gasteiger partial charge in [-0.3, -0.25) is 4.79 Å². The van der Waals surface area contributed by atoms with Crippen molar-refractivity contribution in [2.45, 2.75) is 49.8 Å². The third-order valence-electron chi connectivity index (χ3n) is 6.53. The van der Waals surface area contributed by atoms with Crippen LogP contribution in [0.4, 0.5) is 17.6 Å². The number of nitrogens with one attached hydrogen (secondary N) is 1. The molecule has 37 heavy (non-hydrogen) atoms. The molecule has 0 atom stereocenters. The number of amides is 1. The SMILES string of the molecule is CCSc1ccc(CNC(=O)c2ccc3c(c2)cc(Cc2ccc(F)cc2C(F)(F)F)n3C2CC2)cc1. The molecule has 4 aromatic rings. The maximum atomic E-state index is 13.6. The molecule has 1 fully saturated rings. The second kappa shape index (κ2) is 10.2. The summed E-state index contributed by atoms with van der Waals surface area (Å²) in [7, 11) is 0. The standard InChI is InChI=1S/C29H26F4N2OS/c1-2-37-25-10-3-18(4-11-25)17-34-28(36)20-6-12-27-21(13-20)15-24(35(27)23-8-9-23)14-19-5-7-22(30)16-26(19)29(31,32)33/h3-7,10-13,15-16,23H,2,8-9,14,17H2,1H3,(H,34,36). The molecule has 0 saturated heterocycles. The van der Waals surface area contributed by atoms with Gasteiger partial charge < -0.3 is 9.88 Å². The molecule has 8 heteroatoms. The molecule has 0 spiro atoms. The van der Waals surface area contributed by atoms with E-state index < -0.39 is 17.6 Å². The molecular weight excluding hydrogens is 500 g/mol. The van der Waals surface area contributed by atoms with Crippen LogP contribution in [0.2, 0.25) is 0 Å². The lowest BCUT2D eigenvalue weighted by Gasteiger charge is -2.15. The summed E-state index contributed by atoms with van der Waals surface area (Å²) < 4.78 is 56.4. The van der Waals surface area contributed by atoms with Crippen molar-refractivity contribution in [2.75, 3.05) is 5.75 Å².